The van der Waals surface area contributed by atoms with Crippen LogP contribution < -0.4 is 10.6 Å². The van der Waals surface area contributed by atoms with Gasteiger partial charge in [-0.3, -0.25) is 9.78 Å². The molecule has 98 valence electrons. The van der Waals surface area contributed by atoms with Crippen LogP contribution >= 0.6 is 0 Å². The number of hydrogen-bond donors (Lipinski definition) is 1. The summed E-state index contributed by atoms with van der Waals surface area (Å²) in [6.07, 6.45) is 4.12. The Hall–Kier alpha value is -2.36. The molecule has 1 heterocycles. The van der Waals surface area contributed by atoms with Crippen LogP contribution in [0.25, 0.3) is 0 Å². The van der Waals surface area contributed by atoms with Crippen LogP contribution in [0.4, 0.5) is 11.4 Å². The third kappa shape index (κ3) is 3.10. The van der Waals surface area contributed by atoms with Crippen molar-refractivity contribution in [2.24, 2.45) is 0 Å². The van der Waals surface area contributed by atoms with Gasteiger partial charge in [0, 0.05) is 35.9 Å². The predicted molar refractivity (Wildman–Crippen MR) is 77.1 cm³/mol. The number of pyridine rings is 1. The molecule has 2 rings (SSSR count). The van der Waals surface area contributed by atoms with Gasteiger partial charge < -0.3 is 10.6 Å². The number of nitrogen functional groups attached to an aromatic ring is 1. The molecule has 0 bridgehead atoms. The van der Waals surface area contributed by atoms with Gasteiger partial charge in [0.25, 0.3) is 5.91 Å². The number of carbonyl (C=O) groups excluding carboxylic acids is 1. The highest BCUT2D eigenvalue weighted by Gasteiger charge is 2.16. The fourth-order valence-electron chi connectivity index (χ4n) is 1.91. The zero-order valence-electron chi connectivity index (χ0n) is 10.9. The van der Waals surface area contributed by atoms with Gasteiger partial charge in [-0.2, -0.15) is 0 Å². The fourth-order valence-corrected chi connectivity index (χ4v) is 1.91. The zero-order valence-corrected chi connectivity index (χ0v) is 10.9. The van der Waals surface area contributed by atoms with Crippen molar-refractivity contribution in [1.29, 1.82) is 0 Å². The smallest absolute Gasteiger partial charge is 0.258 e. The van der Waals surface area contributed by atoms with E-state index in [0.29, 0.717) is 17.8 Å². The van der Waals surface area contributed by atoms with Gasteiger partial charge >= 0.3 is 0 Å². The molecule has 1 aromatic heterocycles. The van der Waals surface area contributed by atoms with Crippen molar-refractivity contribution in [1.82, 2.24) is 4.98 Å². The average molecular weight is 255 g/mol. The average Bonchev–Trinajstić information content (AvgIpc) is 2.45. The predicted octanol–water partition coefficient (Wildman–Crippen LogP) is 2.72. The monoisotopic (exact) mass is 255 g/mol. The van der Waals surface area contributed by atoms with Gasteiger partial charge in [-0.05, 0) is 36.8 Å². The summed E-state index contributed by atoms with van der Waals surface area (Å²) in [4.78, 5) is 18.2. The number of anilines is 2. The minimum atomic E-state index is -0.0325. The van der Waals surface area contributed by atoms with Gasteiger partial charge in [0.2, 0.25) is 0 Å². The van der Waals surface area contributed by atoms with Crippen LogP contribution in [0.5, 0.6) is 0 Å². The number of rotatable bonds is 4. The maximum absolute atomic E-state index is 12.5. The lowest BCUT2D eigenvalue weighted by Gasteiger charge is -2.22. The quantitative estimate of drug-likeness (QED) is 0.854. The molecule has 0 radical (unpaired) electrons. The second kappa shape index (κ2) is 6.00. The molecule has 0 fully saturated rings. The minimum Gasteiger partial charge on any atom is -0.399 e. The van der Waals surface area contributed by atoms with Crippen molar-refractivity contribution in [3.8, 4) is 0 Å². The molecule has 1 amide bonds. The van der Waals surface area contributed by atoms with Crippen LogP contribution in [-0.4, -0.2) is 17.4 Å². The summed E-state index contributed by atoms with van der Waals surface area (Å²) in [7, 11) is 0. The Balaban J connectivity index is 2.33. The van der Waals surface area contributed by atoms with Crippen LogP contribution in [0.1, 0.15) is 23.7 Å². The van der Waals surface area contributed by atoms with Crippen molar-refractivity contribution in [2.45, 2.75) is 13.3 Å². The Morgan fingerprint density at radius 1 is 1.26 bits per heavy atom. The third-order valence-electron chi connectivity index (χ3n) is 2.80. The Kier molecular flexibility index (Phi) is 4.13. The fraction of sp³-hybridized carbons (Fsp3) is 0.200. The van der Waals surface area contributed by atoms with Crippen molar-refractivity contribution in [2.75, 3.05) is 17.2 Å². The Labute approximate surface area is 112 Å². The molecule has 2 N–H and O–H groups in total. The van der Waals surface area contributed by atoms with Crippen molar-refractivity contribution >= 4 is 17.3 Å². The molecule has 2 aromatic rings. The number of amides is 1. The summed E-state index contributed by atoms with van der Waals surface area (Å²) in [6.45, 7) is 2.70. The molecule has 0 spiro atoms. The maximum Gasteiger partial charge on any atom is 0.258 e. The van der Waals surface area contributed by atoms with Gasteiger partial charge in [-0.25, -0.2) is 0 Å². The summed E-state index contributed by atoms with van der Waals surface area (Å²) in [6, 6.07) is 10.8. The first-order chi connectivity index (χ1) is 9.22. The first kappa shape index (κ1) is 13.1. The van der Waals surface area contributed by atoms with Crippen LogP contribution in [-0.2, 0) is 0 Å². The molecule has 4 heteroatoms. The van der Waals surface area contributed by atoms with E-state index in [1.54, 1.807) is 29.4 Å². The molecule has 0 aliphatic rings. The van der Waals surface area contributed by atoms with Crippen molar-refractivity contribution < 1.29 is 4.79 Å². The van der Waals surface area contributed by atoms with E-state index < -0.39 is 0 Å². The lowest BCUT2D eigenvalue weighted by atomic mass is 10.2. The van der Waals surface area contributed by atoms with E-state index in [1.165, 1.54) is 0 Å². The van der Waals surface area contributed by atoms with E-state index in [9.17, 15) is 4.79 Å². The van der Waals surface area contributed by atoms with Crippen LogP contribution in [0.15, 0.2) is 48.8 Å². The standard InChI is InChI=1S/C15H17N3O/c1-2-10-18(14-5-3-4-13(16)11-14)15(19)12-6-8-17-9-7-12/h3-9,11H,2,10,16H2,1H3. The van der Waals surface area contributed by atoms with E-state index in [1.807, 2.05) is 31.2 Å². The number of nitrogens with two attached hydrogens (primary N) is 1. The van der Waals surface area contributed by atoms with E-state index in [2.05, 4.69) is 4.98 Å². The topological polar surface area (TPSA) is 59.2 Å². The molecular weight excluding hydrogens is 238 g/mol. The summed E-state index contributed by atoms with van der Waals surface area (Å²) in [5.41, 5.74) is 7.89. The Bertz CT molecular complexity index is 554. The van der Waals surface area contributed by atoms with Gasteiger partial charge in [0.05, 0.1) is 0 Å². The van der Waals surface area contributed by atoms with Gasteiger partial charge in [-0.1, -0.05) is 13.0 Å². The highest BCUT2D eigenvalue weighted by molar-refractivity contribution is 6.06. The summed E-state index contributed by atoms with van der Waals surface area (Å²) >= 11 is 0. The second-order valence-electron chi connectivity index (χ2n) is 4.29. The van der Waals surface area contributed by atoms with E-state index in [4.69, 9.17) is 5.73 Å². The first-order valence-electron chi connectivity index (χ1n) is 6.30. The molecule has 19 heavy (non-hydrogen) atoms. The van der Waals surface area contributed by atoms with E-state index >= 15 is 0 Å². The summed E-state index contributed by atoms with van der Waals surface area (Å²) in [5, 5.41) is 0. The first-order valence-corrected chi connectivity index (χ1v) is 6.30. The molecule has 1 aromatic carbocycles. The lowest BCUT2D eigenvalue weighted by Crippen LogP contribution is -2.31. The normalized spacial score (nSPS) is 10.2. The minimum absolute atomic E-state index is 0.0325. The number of carbonyl (C=O) groups is 1. The molecule has 0 aliphatic carbocycles. The van der Waals surface area contributed by atoms with Crippen LogP contribution in [0.2, 0.25) is 0 Å². The summed E-state index contributed by atoms with van der Waals surface area (Å²) in [5.74, 6) is -0.0325. The van der Waals surface area contributed by atoms with Gasteiger partial charge in [0.1, 0.15) is 0 Å². The zero-order chi connectivity index (χ0) is 13.7. The molecule has 0 saturated heterocycles. The number of hydrogen-bond acceptors (Lipinski definition) is 3. The Morgan fingerprint density at radius 3 is 2.63 bits per heavy atom. The SMILES string of the molecule is CCCN(C(=O)c1ccncc1)c1cccc(N)c1. The van der Waals surface area contributed by atoms with E-state index in [-0.39, 0.29) is 5.91 Å². The van der Waals surface area contributed by atoms with Gasteiger partial charge in [0.15, 0.2) is 0 Å². The number of benzene rings is 1. The third-order valence-corrected chi connectivity index (χ3v) is 2.80. The molecule has 0 saturated carbocycles. The number of nitrogens with zero attached hydrogens (tertiary/aromatic N) is 2. The highest BCUT2D eigenvalue weighted by Crippen LogP contribution is 2.20. The van der Waals surface area contributed by atoms with Crippen LogP contribution in [0.3, 0.4) is 0 Å². The van der Waals surface area contributed by atoms with Crippen molar-refractivity contribution in [3.63, 3.8) is 0 Å². The summed E-state index contributed by atoms with van der Waals surface area (Å²) < 4.78 is 0. The molecule has 4 nitrogen and oxygen atoms in total. The second-order valence-corrected chi connectivity index (χ2v) is 4.29. The van der Waals surface area contributed by atoms with Crippen molar-refractivity contribution in [3.05, 3.63) is 54.4 Å². The highest BCUT2D eigenvalue weighted by atomic mass is 16.2. The van der Waals surface area contributed by atoms with Crippen LogP contribution in [0, 0.1) is 0 Å². The molecular formula is C15H17N3O. The lowest BCUT2D eigenvalue weighted by molar-refractivity contribution is 0.0987. The molecule has 0 unspecified atom stereocenters. The maximum atomic E-state index is 12.5. The van der Waals surface area contributed by atoms with E-state index in [0.717, 1.165) is 12.1 Å². The van der Waals surface area contributed by atoms with Gasteiger partial charge in [-0.15, -0.1) is 0 Å². The Morgan fingerprint density at radius 2 is 2.00 bits per heavy atom. The largest absolute Gasteiger partial charge is 0.399 e. The molecule has 0 atom stereocenters. The molecule has 0 aliphatic heterocycles. The number of aromatic nitrogens is 1.